The Morgan fingerprint density at radius 2 is 1.62 bits per heavy atom. The van der Waals surface area contributed by atoms with Crippen LogP contribution in [0.5, 0.6) is 5.75 Å². The molecule has 206 valence electrons. The average molecular weight is 544 g/mol. The molecule has 0 bridgehead atoms. The van der Waals surface area contributed by atoms with E-state index >= 15 is 0 Å². The lowest BCUT2D eigenvalue weighted by atomic mass is 9.96. The van der Waals surface area contributed by atoms with E-state index in [9.17, 15) is 13.2 Å². The number of halogens is 3. The maximum atomic E-state index is 13.9. The van der Waals surface area contributed by atoms with Crippen molar-refractivity contribution in [3.05, 3.63) is 125 Å². The number of pyridine rings is 1. The van der Waals surface area contributed by atoms with Crippen molar-refractivity contribution in [1.82, 2.24) is 14.5 Å². The van der Waals surface area contributed by atoms with Gasteiger partial charge in [0.1, 0.15) is 18.2 Å². The van der Waals surface area contributed by atoms with Crippen molar-refractivity contribution >= 4 is 11.0 Å². The molecule has 2 heterocycles. The first-order valence-electron chi connectivity index (χ1n) is 13.5. The molecule has 5 aromatic rings. The minimum atomic E-state index is -4.45. The van der Waals surface area contributed by atoms with Crippen LogP contribution in [0.1, 0.15) is 60.5 Å². The maximum Gasteiger partial charge on any atom is 0.416 e. The molecule has 0 radical (unpaired) electrons. The fourth-order valence-electron chi connectivity index (χ4n) is 5.02. The van der Waals surface area contributed by atoms with E-state index in [2.05, 4.69) is 43.1 Å². The van der Waals surface area contributed by atoms with Crippen molar-refractivity contribution in [2.75, 3.05) is 0 Å². The standard InChI is InChI=1S/C33H32F3N3O/c1-22(2)18-24-11-13-25(14-12-24)23(3)32-38-30-19-28(40-21-27-9-6-7-17-37-27)15-16-31(30)39(32)20-26-8-4-5-10-29(26)33(34,35)36/h4-17,19,22-23H,18,20-21H2,1-3H3. The summed E-state index contributed by atoms with van der Waals surface area (Å²) in [4.78, 5) is 9.24. The molecule has 4 nitrogen and oxygen atoms in total. The second-order valence-electron chi connectivity index (χ2n) is 10.5. The average Bonchev–Trinajstić information content (AvgIpc) is 3.29. The molecular weight excluding hydrogens is 511 g/mol. The largest absolute Gasteiger partial charge is 0.487 e. The zero-order valence-corrected chi connectivity index (χ0v) is 22.8. The summed E-state index contributed by atoms with van der Waals surface area (Å²) in [6.07, 6.45) is -1.74. The first-order valence-corrected chi connectivity index (χ1v) is 13.5. The zero-order chi connectivity index (χ0) is 28.3. The Bertz CT molecular complexity index is 1570. The van der Waals surface area contributed by atoms with E-state index < -0.39 is 11.7 Å². The van der Waals surface area contributed by atoms with E-state index in [1.165, 1.54) is 17.7 Å². The van der Waals surface area contributed by atoms with Crippen LogP contribution in [0.25, 0.3) is 11.0 Å². The summed E-state index contributed by atoms with van der Waals surface area (Å²) < 4.78 is 49.5. The Kier molecular flexibility index (Phi) is 7.92. The number of rotatable bonds is 9. The first-order chi connectivity index (χ1) is 19.2. The molecule has 3 aromatic carbocycles. The number of alkyl halides is 3. The van der Waals surface area contributed by atoms with E-state index in [4.69, 9.17) is 9.72 Å². The van der Waals surface area contributed by atoms with Gasteiger partial charge in [-0.25, -0.2) is 4.98 Å². The van der Waals surface area contributed by atoms with Gasteiger partial charge in [-0.15, -0.1) is 0 Å². The topological polar surface area (TPSA) is 39.9 Å². The number of hydrogen-bond donors (Lipinski definition) is 0. The number of fused-ring (bicyclic) bond motifs is 1. The maximum absolute atomic E-state index is 13.9. The molecule has 40 heavy (non-hydrogen) atoms. The highest BCUT2D eigenvalue weighted by molar-refractivity contribution is 5.78. The monoisotopic (exact) mass is 543 g/mol. The fourth-order valence-corrected chi connectivity index (χ4v) is 5.02. The lowest BCUT2D eigenvalue weighted by molar-refractivity contribution is -0.138. The van der Waals surface area contributed by atoms with E-state index in [1.807, 2.05) is 47.9 Å². The number of imidazole rings is 1. The third-order valence-electron chi connectivity index (χ3n) is 7.02. The van der Waals surface area contributed by atoms with E-state index in [0.29, 0.717) is 29.6 Å². The van der Waals surface area contributed by atoms with Gasteiger partial charge in [0.25, 0.3) is 0 Å². The molecule has 0 spiro atoms. The normalized spacial score (nSPS) is 12.7. The predicted molar refractivity (Wildman–Crippen MR) is 151 cm³/mol. The van der Waals surface area contributed by atoms with Gasteiger partial charge in [-0.05, 0) is 59.4 Å². The quantitative estimate of drug-likeness (QED) is 0.187. The number of hydrogen-bond acceptors (Lipinski definition) is 3. The van der Waals surface area contributed by atoms with Crippen LogP contribution in [-0.2, 0) is 25.7 Å². The first kappa shape index (κ1) is 27.4. The van der Waals surface area contributed by atoms with Gasteiger partial charge in [0.05, 0.1) is 22.3 Å². The van der Waals surface area contributed by atoms with Crippen LogP contribution in [0.15, 0.2) is 91.1 Å². The lowest BCUT2D eigenvalue weighted by Crippen LogP contribution is -2.14. The molecule has 0 saturated carbocycles. The molecule has 0 N–H and O–H groups in total. The molecule has 0 amide bonds. The smallest absolute Gasteiger partial charge is 0.416 e. The Labute approximate surface area is 232 Å². The minimum Gasteiger partial charge on any atom is -0.487 e. The van der Waals surface area contributed by atoms with Crippen molar-refractivity contribution in [2.24, 2.45) is 5.92 Å². The van der Waals surface area contributed by atoms with E-state index in [0.717, 1.165) is 29.3 Å². The summed E-state index contributed by atoms with van der Waals surface area (Å²) in [5.74, 6) is 1.73. The molecule has 0 saturated heterocycles. The molecule has 0 aliphatic heterocycles. The van der Waals surface area contributed by atoms with Gasteiger partial charge in [0, 0.05) is 24.7 Å². The summed E-state index contributed by atoms with van der Waals surface area (Å²) in [5.41, 5.74) is 4.09. The second kappa shape index (κ2) is 11.5. The van der Waals surface area contributed by atoms with Crippen LogP contribution < -0.4 is 4.74 Å². The van der Waals surface area contributed by atoms with Crippen molar-refractivity contribution < 1.29 is 17.9 Å². The van der Waals surface area contributed by atoms with Gasteiger partial charge in [-0.3, -0.25) is 4.98 Å². The second-order valence-corrected chi connectivity index (χ2v) is 10.5. The highest BCUT2D eigenvalue weighted by atomic mass is 19.4. The van der Waals surface area contributed by atoms with Crippen molar-refractivity contribution in [3.63, 3.8) is 0 Å². The highest BCUT2D eigenvalue weighted by Crippen LogP contribution is 2.35. The van der Waals surface area contributed by atoms with Crippen molar-refractivity contribution in [3.8, 4) is 5.75 Å². The molecule has 0 aliphatic carbocycles. The third-order valence-corrected chi connectivity index (χ3v) is 7.02. The van der Waals surface area contributed by atoms with Crippen LogP contribution in [0.2, 0.25) is 0 Å². The van der Waals surface area contributed by atoms with Crippen LogP contribution >= 0.6 is 0 Å². The molecular formula is C33H32F3N3O. The molecule has 0 fully saturated rings. The van der Waals surface area contributed by atoms with Gasteiger partial charge >= 0.3 is 6.18 Å². The Balaban J connectivity index is 1.54. The summed E-state index contributed by atoms with van der Waals surface area (Å²) in [7, 11) is 0. The minimum absolute atomic E-state index is 0.0471. The van der Waals surface area contributed by atoms with Crippen LogP contribution in [0.4, 0.5) is 13.2 Å². The number of nitrogens with zero attached hydrogens (tertiary/aromatic N) is 3. The Hall–Kier alpha value is -4.13. The molecule has 7 heteroatoms. The number of aromatic nitrogens is 3. The van der Waals surface area contributed by atoms with Crippen molar-refractivity contribution in [2.45, 2.75) is 52.4 Å². The van der Waals surface area contributed by atoms with E-state index in [-0.39, 0.29) is 18.0 Å². The van der Waals surface area contributed by atoms with Crippen LogP contribution in [0, 0.1) is 5.92 Å². The zero-order valence-electron chi connectivity index (χ0n) is 22.8. The van der Waals surface area contributed by atoms with Gasteiger partial charge in [0.2, 0.25) is 0 Å². The predicted octanol–water partition coefficient (Wildman–Crippen LogP) is 8.43. The lowest BCUT2D eigenvalue weighted by Gasteiger charge is -2.18. The molecule has 2 aromatic heterocycles. The highest BCUT2D eigenvalue weighted by Gasteiger charge is 2.33. The van der Waals surface area contributed by atoms with Gasteiger partial charge in [0.15, 0.2) is 0 Å². The summed E-state index contributed by atoms with van der Waals surface area (Å²) in [6, 6.07) is 25.3. The summed E-state index contributed by atoms with van der Waals surface area (Å²) in [6.45, 7) is 6.77. The van der Waals surface area contributed by atoms with Crippen LogP contribution in [0.3, 0.4) is 0 Å². The Morgan fingerprint density at radius 1 is 0.875 bits per heavy atom. The number of benzene rings is 3. The molecule has 0 aliphatic rings. The van der Waals surface area contributed by atoms with Crippen molar-refractivity contribution in [1.29, 1.82) is 0 Å². The third kappa shape index (κ3) is 6.19. The van der Waals surface area contributed by atoms with Gasteiger partial charge in [-0.1, -0.05) is 69.3 Å². The van der Waals surface area contributed by atoms with Crippen LogP contribution in [-0.4, -0.2) is 14.5 Å². The Morgan fingerprint density at radius 3 is 2.33 bits per heavy atom. The summed E-state index contributed by atoms with van der Waals surface area (Å²) >= 11 is 0. The summed E-state index contributed by atoms with van der Waals surface area (Å²) in [5, 5.41) is 0. The van der Waals surface area contributed by atoms with Gasteiger partial charge < -0.3 is 9.30 Å². The van der Waals surface area contributed by atoms with E-state index in [1.54, 1.807) is 12.3 Å². The SMILES string of the molecule is CC(C)Cc1ccc(C(C)c2nc3cc(OCc4ccccn4)ccc3n2Cc2ccccc2C(F)(F)F)cc1. The number of ether oxygens (including phenoxy) is 1. The van der Waals surface area contributed by atoms with Gasteiger partial charge in [-0.2, -0.15) is 13.2 Å². The molecule has 5 rings (SSSR count). The molecule has 1 unspecified atom stereocenters. The molecule has 1 atom stereocenters. The fraction of sp³-hybridized carbons (Fsp3) is 0.273.